The van der Waals surface area contributed by atoms with Gasteiger partial charge in [-0.25, -0.2) is 13.4 Å². The second-order valence-corrected chi connectivity index (χ2v) is 8.88. The maximum atomic E-state index is 12.3. The summed E-state index contributed by atoms with van der Waals surface area (Å²) in [5, 5.41) is 4.60. The van der Waals surface area contributed by atoms with Gasteiger partial charge in [-0.1, -0.05) is 26.8 Å². The van der Waals surface area contributed by atoms with Gasteiger partial charge in [0.15, 0.2) is 5.13 Å². The number of nitrogens with one attached hydrogen (secondary N) is 2. The van der Waals surface area contributed by atoms with Crippen LogP contribution in [0.2, 0.25) is 0 Å². The summed E-state index contributed by atoms with van der Waals surface area (Å²) in [7, 11) is -3.77. The average Bonchev–Trinajstić information content (AvgIpc) is 2.98. The molecule has 0 aliphatic carbocycles. The minimum atomic E-state index is -3.77. The van der Waals surface area contributed by atoms with Crippen molar-refractivity contribution < 1.29 is 13.2 Å². The fraction of sp³-hybridized carbons (Fsp3) is 0.333. The van der Waals surface area contributed by atoms with Crippen molar-refractivity contribution in [2.45, 2.75) is 31.7 Å². The number of nitrogens with zero attached hydrogens (tertiary/aromatic N) is 1. The Balaban J connectivity index is 0.00000312. The Labute approximate surface area is 157 Å². The van der Waals surface area contributed by atoms with Gasteiger partial charge < -0.3 is 11.1 Å². The summed E-state index contributed by atoms with van der Waals surface area (Å²) >= 11 is 1.18. The number of benzene rings is 1. The van der Waals surface area contributed by atoms with E-state index in [4.69, 9.17) is 5.73 Å². The predicted octanol–water partition coefficient (Wildman–Crippen LogP) is 2.68. The number of sulfonamides is 1. The van der Waals surface area contributed by atoms with E-state index in [-0.39, 0.29) is 28.3 Å². The molecule has 0 aliphatic rings. The van der Waals surface area contributed by atoms with Crippen molar-refractivity contribution in [1.82, 2.24) is 4.98 Å². The number of amides is 1. The van der Waals surface area contributed by atoms with Crippen LogP contribution in [0.15, 0.2) is 40.7 Å². The van der Waals surface area contributed by atoms with Crippen molar-refractivity contribution in [1.29, 1.82) is 0 Å². The molecule has 0 saturated carbocycles. The zero-order valence-corrected chi connectivity index (χ0v) is 16.5. The first-order valence-corrected chi connectivity index (χ1v) is 9.55. The smallest absolute Gasteiger partial charge is 0.263 e. The first-order chi connectivity index (χ1) is 11.1. The molecule has 2 rings (SSSR count). The summed E-state index contributed by atoms with van der Waals surface area (Å²) in [6.45, 7) is 5.57. The van der Waals surface area contributed by atoms with Crippen LogP contribution in [0.25, 0.3) is 0 Å². The highest BCUT2D eigenvalue weighted by atomic mass is 35.5. The fourth-order valence-electron chi connectivity index (χ4n) is 1.80. The average molecular weight is 405 g/mol. The van der Waals surface area contributed by atoms with Gasteiger partial charge in [0.1, 0.15) is 0 Å². The van der Waals surface area contributed by atoms with Crippen LogP contribution in [0, 0.1) is 5.41 Å². The van der Waals surface area contributed by atoms with Gasteiger partial charge in [0.25, 0.3) is 10.0 Å². The van der Waals surface area contributed by atoms with E-state index in [1.165, 1.54) is 29.7 Å². The SMILES string of the molecule is CC(C)(C)[C@H](N)C(=O)Nc1cccc(S(=O)(=O)Nc2nccs2)c1.Cl. The molecule has 0 saturated heterocycles. The fourth-order valence-corrected chi connectivity index (χ4v) is 3.64. The molecule has 2 aromatic rings. The van der Waals surface area contributed by atoms with Gasteiger partial charge in [0, 0.05) is 17.3 Å². The van der Waals surface area contributed by atoms with Gasteiger partial charge in [-0.3, -0.25) is 9.52 Å². The maximum Gasteiger partial charge on any atom is 0.263 e. The molecular weight excluding hydrogens is 384 g/mol. The van der Waals surface area contributed by atoms with E-state index in [1.807, 2.05) is 20.8 Å². The van der Waals surface area contributed by atoms with Gasteiger partial charge in [-0.2, -0.15) is 0 Å². The number of carbonyl (C=O) groups is 1. The normalized spacial score (nSPS) is 12.8. The Morgan fingerprint density at radius 2 is 2.00 bits per heavy atom. The second kappa shape index (κ2) is 8.13. The zero-order chi connectivity index (χ0) is 18.0. The molecule has 0 unspecified atom stereocenters. The van der Waals surface area contributed by atoms with Crippen LogP contribution >= 0.6 is 23.7 Å². The molecular formula is C15H21ClN4O3S2. The number of hydrogen-bond acceptors (Lipinski definition) is 6. The van der Waals surface area contributed by atoms with Crippen LogP contribution in [0.5, 0.6) is 0 Å². The lowest BCUT2D eigenvalue weighted by Crippen LogP contribution is -2.45. The van der Waals surface area contributed by atoms with Gasteiger partial charge >= 0.3 is 0 Å². The zero-order valence-electron chi connectivity index (χ0n) is 14.0. The number of anilines is 2. The molecule has 1 aromatic carbocycles. The number of rotatable bonds is 5. The van der Waals surface area contributed by atoms with E-state index in [1.54, 1.807) is 17.5 Å². The van der Waals surface area contributed by atoms with Gasteiger partial charge in [-0.15, -0.1) is 23.7 Å². The molecule has 4 N–H and O–H groups in total. The van der Waals surface area contributed by atoms with Gasteiger partial charge in [-0.05, 0) is 23.6 Å². The van der Waals surface area contributed by atoms with Crippen molar-refractivity contribution in [3.63, 3.8) is 0 Å². The van der Waals surface area contributed by atoms with Crippen molar-refractivity contribution in [3.8, 4) is 0 Å². The number of halogens is 1. The molecule has 7 nitrogen and oxygen atoms in total. The van der Waals surface area contributed by atoms with Crippen LogP contribution in [-0.2, 0) is 14.8 Å². The third kappa shape index (κ3) is 5.67. The minimum absolute atomic E-state index is 0. The number of aromatic nitrogens is 1. The van der Waals surface area contributed by atoms with E-state index < -0.39 is 21.5 Å². The molecule has 0 fully saturated rings. The van der Waals surface area contributed by atoms with E-state index >= 15 is 0 Å². The quantitative estimate of drug-likeness (QED) is 0.708. The van der Waals surface area contributed by atoms with E-state index in [9.17, 15) is 13.2 Å². The highest BCUT2D eigenvalue weighted by molar-refractivity contribution is 7.93. The molecule has 0 spiro atoms. The van der Waals surface area contributed by atoms with Crippen LogP contribution in [0.3, 0.4) is 0 Å². The monoisotopic (exact) mass is 404 g/mol. The summed E-state index contributed by atoms with van der Waals surface area (Å²) in [6.07, 6.45) is 1.51. The predicted molar refractivity (Wildman–Crippen MR) is 103 cm³/mol. The molecule has 10 heteroatoms. The molecule has 0 bridgehead atoms. The third-order valence-corrected chi connectivity index (χ3v) is 5.44. The molecule has 0 radical (unpaired) electrons. The van der Waals surface area contributed by atoms with Gasteiger partial charge in [0.05, 0.1) is 10.9 Å². The highest BCUT2D eigenvalue weighted by Crippen LogP contribution is 2.22. The molecule has 1 atom stereocenters. The Morgan fingerprint density at radius 3 is 2.56 bits per heavy atom. The number of thiazole rings is 1. The van der Waals surface area contributed by atoms with Crippen LogP contribution < -0.4 is 15.8 Å². The van der Waals surface area contributed by atoms with E-state index in [0.717, 1.165) is 0 Å². The third-order valence-electron chi connectivity index (χ3n) is 3.28. The van der Waals surface area contributed by atoms with Crippen LogP contribution in [-0.4, -0.2) is 25.4 Å². The molecule has 1 aromatic heterocycles. The Kier molecular flexibility index (Phi) is 6.95. The van der Waals surface area contributed by atoms with Crippen molar-refractivity contribution >= 4 is 50.5 Å². The molecule has 25 heavy (non-hydrogen) atoms. The number of nitrogens with two attached hydrogens (primary N) is 1. The van der Waals surface area contributed by atoms with Gasteiger partial charge in [0.2, 0.25) is 5.91 Å². The minimum Gasteiger partial charge on any atom is -0.325 e. The summed E-state index contributed by atoms with van der Waals surface area (Å²) in [4.78, 5) is 16.1. The maximum absolute atomic E-state index is 12.3. The Morgan fingerprint density at radius 1 is 1.32 bits per heavy atom. The topological polar surface area (TPSA) is 114 Å². The summed E-state index contributed by atoms with van der Waals surface area (Å²) in [5.74, 6) is -0.370. The van der Waals surface area contributed by atoms with Crippen molar-refractivity contribution in [3.05, 3.63) is 35.8 Å². The molecule has 138 valence electrons. The number of hydrogen-bond donors (Lipinski definition) is 3. The number of carbonyl (C=O) groups excluding carboxylic acids is 1. The highest BCUT2D eigenvalue weighted by Gasteiger charge is 2.27. The lowest BCUT2D eigenvalue weighted by atomic mass is 9.87. The lowest BCUT2D eigenvalue weighted by Gasteiger charge is -2.25. The first-order valence-electron chi connectivity index (χ1n) is 7.18. The van der Waals surface area contributed by atoms with E-state index in [2.05, 4.69) is 15.0 Å². The van der Waals surface area contributed by atoms with Crippen molar-refractivity contribution in [2.75, 3.05) is 10.0 Å². The standard InChI is InChI=1S/C15H20N4O3S2.ClH/c1-15(2,3)12(16)13(20)18-10-5-4-6-11(9-10)24(21,22)19-14-17-7-8-23-14;/h4-9,12H,16H2,1-3H3,(H,17,19)(H,18,20);1H/t12-;/m1./s1. The lowest BCUT2D eigenvalue weighted by molar-refractivity contribution is -0.119. The van der Waals surface area contributed by atoms with E-state index in [0.29, 0.717) is 5.69 Å². The van der Waals surface area contributed by atoms with Crippen molar-refractivity contribution in [2.24, 2.45) is 11.1 Å². The summed E-state index contributed by atoms with van der Waals surface area (Å²) in [5.41, 5.74) is 5.87. The second-order valence-electron chi connectivity index (χ2n) is 6.30. The summed E-state index contributed by atoms with van der Waals surface area (Å²) < 4.78 is 27.1. The molecule has 0 aliphatic heterocycles. The molecule has 1 amide bonds. The largest absolute Gasteiger partial charge is 0.325 e. The van der Waals surface area contributed by atoms with Crippen LogP contribution in [0.1, 0.15) is 20.8 Å². The molecule has 1 heterocycles. The van der Waals surface area contributed by atoms with Crippen LogP contribution in [0.4, 0.5) is 10.8 Å². The summed E-state index contributed by atoms with van der Waals surface area (Å²) in [6, 6.07) is 5.26. The Hall–Kier alpha value is -1.68. The Bertz CT molecular complexity index is 818. The first kappa shape index (κ1) is 21.4.